The highest BCUT2D eigenvalue weighted by molar-refractivity contribution is 5.78. The molecule has 2 aliphatic rings. The molecule has 1 heterocycles. The number of aromatic nitrogens is 1. The van der Waals surface area contributed by atoms with E-state index in [2.05, 4.69) is 4.98 Å². The smallest absolute Gasteiger partial charge is 0.307 e. The fourth-order valence-corrected chi connectivity index (χ4v) is 4.65. The van der Waals surface area contributed by atoms with Crippen molar-refractivity contribution in [1.82, 2.24) is 4.98 Å². The van der Waals surface area contributed by atoms with Gasteiger partial charge in [0.15, 0.2) is 0 Å². The summed E-state index contributed by atoms with van der Waals surface area (Å²) in [4.78, 5) is 15.1. The third kappa shape index (κ3) is 3.16. The number of carboxylic acids is 1. The Labute approximate surface area is 168 Å². The second-order valence-corrected chi connectivity index (χ2v) is 7.87. The van der Waals surface area contributed by atoms with Crippen molar-refractivity contribution >= 4 is 5.97 Å². The Morgan fingerprint density at radius 1 is 1.21 bits per heavy atom. The molecule has 0 radical (unpaired) electrons. The molecule has 0 bridgehead atoms. The van der Waals surface area contributed by atoms with E-state index in [4.69, 9.17) is 4.74 Å². The standard InChI is InChI=1S/C24H20FNO3/c1-13-18(7-8-21(25)26-13)15-4-2-3-14(9-15)12-29-17-5-6-19-16(10-17)11-20-22(19)23(20)24(27)28/h2-10,20,22-23H,11-12H2,1H3,(H,27,28). The fraction of sp³-hybridized carbons (Fsp3) is 0.250. The van der Waals surface area contributed by atoms with E-state index in [1.54, 1.807) is 13.0 Å². The van der Waals surface area contributed by atoms with Crippen molar-refractivity contribution < 1.29 is 19.0 Å². The number of hydrogen-bond acceptors (Lipinski definition) is 3. The van der Waals surface area contributed by atoms with Crippen LogP contribution in [0.25, 0.3) is 11.1 Å². The minimum atomic E-state index is -0.683. The summed E-state index contributed by atoms with van der Waals surface area (Å²) in [5.41, 5.74) is 5.91. The second-order valence-electron chi connectivity index (χ2n) is 7.87. The predicted molar refractivity (Wildman–Crippen MR) is 106 cm³/mol. The van der Waals surface area contributed by atoms with Gasteiger partial charge in [-0.3, -0.25) is 4.79 Å². The van der Waals surface area contributed by atoms with Crippen molar-refractivity contribution in [2.75, 3.05) is 0 Å². The van der Waals surface area contributed by atoms with Crippen LogP contribution in [-0.4, -0.2) is 16.1 Å². The molecule has 5 heteroatoms. The summed E-state index contributed by atoms with van der Waals surface area (Å²) in [6.45, 7) is 2.22. The minimum absolute atomic E-state index is 0.181. The molecule has 2 aromatic carbocycles. The summed E-state index contributed by atoms with van der Waals surface area (Å²) >= 11 is 0. The van der Waals surface area contributed by atoms with E-state index in [9.17, 15) is 14.3 Å². The van der Waals surface area contributed by atoms with Gasteiger partial charge in [-0.15, -0.1) is 0 Å². The van der Waals surface area contributed by atoms with E-state index in [1.807, 2.05) is 42.5 Å². The van der Waals surface area contributed by atoms with Crippen LogP contribution in [0.4, 0.5) is 4.39 Å². The molecule has 5 rings (SSSR count). The molecule has 4 nitrogen and oxygen atoms in total. The molecule has 2 aliphatic carbocycles. The maximum absolute atomic E-state index is 13.3. The van der Waals surface area contributed by atoms with Crippen molar-refractivity contribution in [1.29, 1.82) is 0 Å². The van der Waals surface area contributed by atoms with Gasteiger partial charge in [0.1, 0.15) is 12.4 Å². The Morgan fingerprint density at radius 2 is 2.07 bits per heavy atom. The van der Waals surface area contributed by atoms with Gasteiger partial charge in [0, 0.05) is 17.2 Å². The summed E-state index contributed by atoms with van der Waals surface area (Å²) in [6.07, 6.45) is 0.820. The number of fused-ring (bicyclic) bond motifs is 3. The van der Waals surface area contributed by atoms with Gasteiger partial charge >= 0.3 is 5.97 Å². The maximum Gasteiger partial charge on any atom is 0.307 e. The number of carboxylic acid groups (broad SMARTS) is 1. The normalized spacial score (nSPS) is 21.4. The molecule has 1 N–H and O–H groups in total. The molecule has 1 aromatic heterocycles. The highest BCUT2D eigenvalue weighted by atomic mass is 19.1. The average Bonchev–Trinajstić information content (AvgIpc) is 3.29. The van der Waals surface area contributed by atoms with E-state index in [1.165, 1.54) is 11.6 Å². The number of pyridine rings is 1. The molecule has 0 amide bonds. The fourth-order valence-electron chi connectivity index (χ4n) is 4.65. The summed E-state index contributed by atoms with van der Waals surface area (Å²) in [6, 6.07) is 17.1. The molecule has 0 saturated heterocycles. The van der Waals surface area contributed by atoms with E-state index in [-0.39, 0.29) is 17.8 Å². The van der Waals surface area contributed by atoms with Gasteiger partial charge in [-0.1, -0.05) is 24.3 Å². The molecule has 146 valence electrons. The monoisotopic (exact) mass is 389 g/mol. The number of nitrogens with zero attached hydrogens (tertiary/aromatic N) is 1. The molecule has 3 unspecified atom stereocenters. The van der Waals surface area contributed by atoms with E-state index >= 15 is 0 Å². The number of carbonyl (C=O) groups is 1. The molecule has 0 spiro atoms. The van der Waals surface area contributed by atoms with E-state index in [0.29, 0.717) is 12.3 Å². The second kappa shape index (κ2) is 6.69. The van der Waals surface area contributed by atoms with Crippen LogP contribution in [0.1, 0.15) is 28.3 Å². The van der Waals surface area contributed by atoms with Gasteiger partial charge in [0.2, 0.25) is 5.95 Å². The summed E-state index contributed by atoms with van der Waals surface area (Å²) in [7, 11) is 0. The Kier molecular flexibility index (Phi) is 4.12. The van der Waals surface area contributed by atoms with Gasteiger partial charge in [0.25, 0.3) is 0 Å². The average molecular weight is 389 g/mol. The van der Waals surface area contributed by atoms with E-state index in [0.717, 1.165) is 34.4 Å². The predicted octanol–water partition coefficient (Wildman–Crippen LogP) is 4.75. The Hall–Kier alpha value is -3.21. The first-order valence-corrected chi connectivity index (χ1v) is 9.72. The Morgan fingerprint density at radius 3 is 2.86 bits per heavy atom. The van der Waals surface area contributed by atoms with Gasteiger partial charge in [-0.2, -0.15) is 4.39 Å². The molecule has 1 fully saturated rings. The topological polar surface area (TPSA) is 59.4 Å². The van der Waals surface area contributed by atoms with Gasteiger partial charge in [-0.25, -0.2) is 4.98 Å². The zero-order chi connectivity index (χ0) is 20.1. The number of ether oxygens (including phenoxy) is 1. The van der Waals surface area contributed by atoms with Crippen LogP contribution < -0.4 is 4.74 Å². The first-order chi connectivity index (χ1) is 14.0. The van der Waals surface area contributed by atoms with Crippen LogP contribution in [0.15, 0.2) is 54.6 Å². The molecule has 0 aliphatic heterocycles. The van der Waals surface area contributed by atoms with E-state index < -0.39 is 11.9 Å². The number of hydrogen-bond donors (Lipinski definition) is 1. The van der Waals surface area contributed by atoms with Crippen molar-refractivity contribution in [3.05, 3.63) is 82.9 Å². The summed E-state index contributed by atoms with van der Waals surface area (Å²) in [5.74, 6) is -0.140. The van der Waals surface area contributed by atoms with Crippen molar-refractivity contribution in [2.45, 2.75) is 25.9 Å². The van der Waals surface area contributed by atoms with Crippen molar-refractivity contribution in [2.24, 2.45) is 11.8 Å². The zero-order valence-electron chi connectivity index (χ0n) is 15.9. The van der Waals surface area contributed by atoms with Gasteiger partial charge in [-0.05, 0) is 71.8 Å². The lowest BCUT2D eigenvalue weighted by Crippen LogP contribution is -2.05. The lowest BCUT2D eigenvalue weighted by Gasteiger charge is -2.12. The van der Waals surface area contributed by atoms with Crippen LogP contribution in [0.3, 0.4) is 0 Å². The summed E-state index contributed by atoms with van der Waals surface area (Å²) < 4.78 is 19.3. The zero-order valence-corrected chi connectivity index (χ0v) is 15.9. The largest absolute Gasteiger partial charge is 0.489 e. The highest BCUT2D eigenvalue weighted by Gasteiger charge is 2.59. The van der Waals surface area contributed by atoms with Crippen LogP contribution in [0.5, 0.6) is 5.75 Å². The molecular formula is C24H20FNO3. The molecule has 3 aromatic rings. The summed E-state index contributed by atoms with van der Waals surface area (Å²) in [5, 5.41) is 9.24. The lowest BCUT2D eigenvalue weighted by molar-refractivity contribution is -0.139. The van der Waals surface area contributed by atoms with Gasteiger partial charge in [0.05, 0.1) is 5.92 Å². The number of aryl methyl sites for hydroxylation is 1. The SMILES string of the molecule is Cc1nc(F)ccc1-c1cccc(COc2ccc3c(c2)CC2C(C(=O)O)C32)c1. The maximum atomic E-state index is 13.3. The number of halogens is 1. The molecule has 29 heavy (non-hydrogen) atoms. The minimum Gasteiger partial charge on any atom is -0.489 e. The van der Waals surface area contributed by atoms with Gasteiger partial charge < -0.3 is 9.84 Å². The third-order valence-corrected chi connectivity index (χ3v) is 6.08. The van der Waals surface area contributed by atoms with Crippen molar-refractivity contribution in [3.8, 4) is 16.9 Å². The first-order valence-electron chi connectivity index (χ1n) is 9.72. The molecule has 3 atom stereocenters. The molecular weight excluding hydrogens is 369 g/mol. The van der Waals surface area contributed by atoms with Crippen LogP contribution in [0, 0.1) is 24.7 Å². The molecule has 1 saturated carbocycles. The number of aliphatic carboxylic acids is 1. The van der Waals surface area contributed by atoms with Crippen molar-refractivity contribution in [3.63, 3.8) is 0 Å². The number of benzene rings is 2. The third-order valence-electron chi connectivity index (χ3n) is 6.08. The Bertz CT molecular complexity index is 1130. The number of rotatable bonds is 5. The quantitative estimate of drug-likeness (QED) is 0.640. The van der Waals surface area contributed by atoms with Crippen LogP contribution in [0.2, 0.25) is 0 Å². The van der Waals surface area contributed by atoms with Crippen LogP contribution in [-0.2, 0) is 17.8 Å². The highest BCUT2D eigenvalue weighted by Crippen LogP contribution is 2.61. The first kappa shape index (κ1) is 17.9. The lowest BCUT2D eigenvalue weighted by atomic mass is 10.0. The van der Waals surface area contributed by atoms with Crippen LogP contribution >= 0.6 is 0 Å². The Balaban J connectivity index is 1.30.